The van der Waals surface area contributed by atoms with Crippen molar-refractivity contribution >= 4 is 11.8 Å². The quantitative estimate of drug-likeness (QED) is 0.874. The van der Waals surface area contributed by atoms with Crippen molar-refractivity contribution in [3.05, 3.63) is 42.7 Å². The number of nitrogens with zero attached hydrogens (tertiary/aromatic N) is 2. The summed E-state index contributed by atoms with van der Waals surface area (Å²) in [4.78, 5) is 19.6. The van der Waals surface area contributed by atoms with Gasteiger partial charge in [0.1, 0.15) is 11.9 Å². The molecule has 5 heteroatoms. The summed E-state index contributed by atoms with van der Waals surface area (Å²) in [5, 5.41) is 12.0. The molecular weight excluding hydrogens is 254 g/mol. The van der Waals surface area contributed by atoms with Crippen LogP contribution in [-0.4, -0.2) is 27.1 Å². The molecule has 1 heterocycles. The van der Waals surface area contributed by atoms with E-state index in [1.165, 1.54) is 0 Å². The van der Waals surface area contributed by atoms with Crippen LogP contribution in [0.25, 0.3) is 11.3 Å². The number of aliphatic carboxylic acids is 1. The standard InChI is InChI=1S/C15H17N3O2/c1-10(2)14(15(19)20)18-13-9-16-12(8-17-13)11-6-4-3-5-7-11/h3-10,14H,1-2H3,(H,17,18)(H,19,20)/t14-/m1/s1. The number of nitrogens with one attached hydrogen (secondary N) is 1. The van der Waals surface area contributed by atoms with Crippen molar-refractivity contribution in [3.63, 3.8) is 0 Å². The summed E-state index contributed by atoms with van der Waals surface area (Å²) < 4.78 is 0. The fraction of sp³-hybridized carbons (Fsp3) is 0.267. The zero-order valence-corrected chi connectivity index (χ0v) is 11.4. The van der Waals surface area contributed by atoms with Gasteiger partial charge in [0.25, 0.3) is 0 Å². The summed E-state index contributed by atoms with van der Waals surface area (Å²) in [6, 6.07) is 9.03. The van der Waals surface area contributed by atoms with Crippen molar-refractivity contribution in [2.24, 2.45) is 5.92 Å². The molecule has 1 atom stereocenters. The molecule has 2 N–H and O–H groups in total. The maximum absolute atomic E-state index is 11.1. The van der Waals surface area contributed by atoms with Crippen molar-refractivity contribution in [2.75, 3.05) is 5.32 Å². The van der Waals surface area contributed by atoms with Crippen LogP contribution in [-0.2, 0) is 4.79 Å². The fourth-order valence-corrected chi connectivity index (χ4v) is 1.83. The number of benzene rings is 1. The lowest BCUT2D eigenvalue weighted by Crippen LogP contribution is -2.34. The van der Waals surface area contributed by atoms with Gasteiger partial charge in [0.05, 0.1) is 18.1 Å². The zero-order valence-electron chi connectivity index (χ0n) is 11.4. The highest BCUT2D eigenvalue weighted by molar-refractivity contribution is 5.77. The molecule has 20 heavy (non-hydrogen) atoms. The molecular formula is C15H17N3O2. The van der Waals surface area contributed by atoms with Gasteiger partial charge < -0.3 is 10.4 Å². The highest BCUT2D eigenvalue weighted by atomic mass is 16.4. The number of carboxylic acids is 1. The summed E-state index contributed by atoms with van der Waals surface area (Å²) in [5.41, 5.74) is 1.73. The Hall–Kier alpha value is -2.43. The monoisotopic (exact) mass is 271 g/mol. The molecule has 0 bridgehead atoms. The van der Waals surface area contributed by atoms with Crippen LogP contribution in [0.1, 0.15) is 13.8 Å². The van der Waals surface area contributed by atoms with Crippen LogP contribution in [0.4, 0.5) is 5.82 Å². The molecule has 0 aliphatic carbocycles. The Balaban J connectivity index is 2.14. The van der Waals surface area contributed by atoms with Crippen LogP contribution in [0.3, 0.4) is 0 Å². The predicted molar refractivity (Wildman–Crippen MR) is 77.4 cm³/mol. The second kappa shape index (κ2) is 6.14. The highest BCUT2D eigenvalue weighted by Crippen LogP contribution is 2.17. The molecule has 0 aliphatic heterocycles. The van der Waals surface area contributed by atoms with Gasteiger partial charge >= 0.3 is 5.97 Å². The summed E-state index contributed by atoms with van der Waals surface area (Å²) in [6.45, 7) is 3.69. The molecule has 104 valence electrons. The number of carboxylic acid groups (broad SMARTS) is 1. The number of anilines is 1. The SMILES string of the molecule is CC(C)[C@@H](Nc1cnc(-c2ccccc2)cn1)C(=O)O. The number of hydrogen-bond donors (Lipinski definition) is 2. The van der Waals surface area contributed by atoms with Gasteiger partial charge in [-0.2, -0.15) is 0 Å². The lowest BCUT2D eigenvalue weighted by atomic mass is 10.1. The lowest BCUT2D eigenvalue weighted by Gasteiger charge is -2.18. The molecule has 2 rings (SSSR count). The first kappa shape index (κ1) is 14.0. The Labute approximate surface area is 117 Å². The molecule has 1 aromatic carbocycles. The normalized spacial score (nSPS) is 12.2. The van der Waals surface area contributed by atoms with E-state index in [4.69, 9.17) is 5.11 Å². The van der Waals surface area contributed by atoms with Gasteiger partial charge in [-0.1, -0.05) is 44.2 Å². The topological polar surface area (TPSA) is 75.1 Å². The first-order chi connectivity index (χ1) is 9.58. The molecule has 0 unspecified atom stereocenters. The number of rotatable bonds is 5. The van der Waals surface area contributed by atoms with Gasteiger partial charge in [0.15, 0.2) is 0 Å². The minimum atomic E-state index is -0.895. The molecule has 2 aromatic rings. The van der Waals surface area contributed by atoms with Gasteiger partial charge in [-0.15, -0.1) is 0 Å². The molecule has 0 amide bonds. The maximum Gasteiger partial charge on any atom is 0.326 e. The van der Waals surface area contributed by atoms with E-state index in [0.717, 1.165) is 11.3 Å². The second-order valence-electron chi connectivity index (χ2n) is 4.86. The summed E-state index contributed by atoms with van der Waals surface area (Å²) in [7, 11) is 0. The average molecular weight is 271 g/mol. The second-order valence-corrected chi connectivity index (χ2v) is 4.86. The third kappa shape index (κ3) is 3.32. The molecule has 0 saturated carbocycles. The Morgan fingerprint density at radius 2 is 1.85 bits per heavy atom. The Morgan fingerprint density at radius 3 is 2.35 bits per heavy atom. The minimum Gasteiger partial charge on any atom is -0.480 e. The van der Waals surface area contributed by atoms with Gasteiger partial charge in [0.2, 0.25) is 0 Å². The van der Waals surface area contributed by atoms with E-state index < -0.39 is 12.0 Å². The number of carbonyl (C=O) groups is 1. The van der Waals surface area contributed by atoms with Gasteiger partial charge in [-0.05, 0) is 5.92 Å². The zero-order chi connectivity index (χ0) is 14.5. The van der Waals surface area contributed by atoms with Crippen molar-refractivity contribution in [1.29, 1.82) is 0 Å². The van der Waals surface area contributed by atoms with Gasteiger partial charge in [-0.3, -0.25) is 4.98 Å². The van der Waals surface area contributed by atoms with Crippen molar-refractivity contribution < 1.29 is 9.90 Å². The third-order valence-corrected chi connectivity index (χ3v) is 2.96. The van der Waals surface area contributed by atoms with Crippen molar-refractivity contribution in [3.8, 4) is 11.3 Å². The maximum atomic E-state index is 11.1. The van der Waals surface area contributed by atoms with E-state index in [9.17, 15) is 4.79 Å². The molecule has 1 aromatic heterocycles. The van der Waals surface area contributed by atoms with Crippen LogP contribution >= 0.6 is 0 Å². The highest BCUT2D eigenvalue weighted by Gasteiger charge is 2.21. The van der Waals surface area contributed by atoms with Crippen LogP contribution in [0.15, 0.2) is 42.7 Å². The van der Waals surface area contributed by atoms with E-state index >= 15 is 0 Å². The first-order valence-corrected chi connectivity index (χ1v) is 6.44. The Morgan fingerprint density at radius 1 is 1.15 bits per heavy atom. The predicted octanol–water partition coefficient (Wildman–Crippen LogP) is 2.66. The molecule has 0 fully saturated rings. The number of hydrogen-bond acceptors (Lipinski definition) is 4. The average Bonchev–Trinajstić information content (AvgIpc) is 2.45. The summed E-state index contributed by atoms with van der Waals surface area (Å²) >= 11 is 0. The summed E-state index contributed by atoms with van der Waals surface area (Å²) in [5.74, 6) is -0.470. The fourth-order valence-electron chi connectivity index (χ4n) is 1.83. The molecule has 0 aliphatic rings. The van der Waals surface area contributed by atoms with Crippen LogP contribution in [0, 0.1) is 5.92 Å². The van der Waals surface area contributed by atoms with Gasteiger partial charge in [-0.25, -0.2) is 9.78 Å². The van der Waals surface area contributed by atoms with E-state index in [-0.39, 0.29) is 5.92 Å². The smallest absolute Gasteiger partial charge is 0.326 e. The van der Waals surface area contributed by atoms with E-state index in [1.807, 2.05) is 44.2 Å². The lowest BCUT2D eigenvalue weighted by molar-refractivity contribution is -0.138. The van der Waals surface area contributed by atoms with E-state index in [2.05, 4.69) is 15.3 Å². The third-order valence-electron chi connectivity index (χ3n) is 2.96. The van der Waals surface area contributed by atoms with Crippen LogP contribution < -0.4 is 5.32 Å². The Kier molecular flexibility index (Phi) is 4.30. The van der Waals surface area contributed by atoms with Crippen LogP contribution in [0.2, 0.25) is 0 Å². The van der Waals surface area contributed by atoms with Gasteiger partial charge in [0, 0.05) is 5.56 Å². The largest absolute Gasteiger partial charge is 0.480 e. The summed E-state index contributed by atoms with van der Waals surface area (Å²) in [6.07, 6.45) is 3.19. The first-order valence-electron chi connectivity index (χ1n) is 6.44. The molecule has 5 nitrogen and oxygen atoms in total. The minimum absolute atomic E-state index is 0.0388. The van der Waals surface area contributed by atoms with Crippen molar-refractivity contribution in [2.45, 2.75) is 19.9 Å². The molecule has 0 radical (unpaired) electrons. The van der Waals surface area contributed by atoms with E-state index in [1.54, 1.807) is 12.4 Å². The molecule has 0 spiro atoms. The van der Waals surface area contributed by atoms with Crippen molar-refractivity contribution in [1.82, 2.24) is 9.97 Å². The van der Waals surface area contributed by atoms with Crippen LogP contribution in [0.5, 0.6) is 0 Å². The van der Waals surface area contributed by atoms with E-state index in [0.29, 0.717) is 5.82 Å². The Bertz CT molecular complexity index is 567. The number of aromatic nitrogens is 2. The molecule has 0 saturated heterocycles.